The molecule has 1 aromatic heterocycles. The van der Waals surface area contributed by atoms with Crippen molar-refractivity contribution in [2.45, 2.75) is 13.0 Å². The van der Waals surface area contributed by atoms with Crippen LogP contribution in [0.4, 0.5) is 0 Å². The lowest BCUT2D eigenvalue weighted by molar-refractivity contribution is 0.0910. The number of aromatic nitrogens is 1. The zero-order valence-corrected chi connectivity index (χ0v) is 19.4. The average molecular weight is 455 g/mol. The fourth-order valence-corrected chi connectivity index (χ4v) is 4.86. The third kappa shape index (κ3) is 5.52. The molecule has 0 bridgehead atoms. The van der Waals surface area contributed by atoms with Gasteiger partial charge in [-0.05, 0) is 31.7 Å². The van der Waals surface area contributed by atoms with E-state index in [1.807, 2.05) is 49.4 Å². The van der Waals surface area contributed by atoms with Crippen LogP contribution in [0.25, 0.3) is 10.6 Å². The molecule has 5 nitrogen and oxygen atoms in total. The van der Waals surface area contributed by atoms with Crippen LogP contribution in [0.3, 0.4) is 0 Å². The van der Waals surface area contributed by atoms with Crippen LogP contribution in [0.2, 0.25) is 5.02 Å². The number of rotatable bonds is 6. The van der Waals surface area contributed by atoms with Gasteiger partial charge >= 0.3 is 0 Å². The van der Waals surface area contributed by atoms with Crippen LogP contribution >= 0.6 is 22.9 Å². The SMILES string of the molecule is Cc1nc(-c2ccc(Cl)cc2)sc1C(=O)NC(CN1CCN(C)CC1)c1ccccc1. The Balaban J connectivity index is 1.52. The Morgan fingerprint density at radius 1 is 1.10 bits per heavy atom. The van der Waals surface area contributed by atoms with E-state index in [1.165, 1.54) is 11.3 Å². The molecule has 1 atom stereocenters. The summed E-state index contributed by atoms with van der Waals surface area (Å²) in [7, 11) is 2.15. The number of hydrogen-bond donors (Lipinski definition) is 1. The van der Waals surface area contributed by atoms with Gasteiger partial charge in [-0.15, -0.1) is 11.3 Å². The molecular weight excluding hydrogens is 428 g/mol. The molecule has 2 heterocycles. The summed E-state index contributed by atoms with van der Waals surface area (Å²) in [6.07, 6.45) is 0. The Labute approximate surface area is 192 Å². The summed E-state index contributed by atoms with van der Waals surface area (Å²) in [6.45, 7) is 6.81. The number of likely N-dealkylation sites (N-methyl/N-ethyl adjacent to an activating group) is 1. The molecule has 2 aromatic carbocycles. The molecule has 31 heavy (non-hydrogen) atoms. The van der Waals surface area contributed by atoms with E-state index in [2.05, 4.69) is 39.3 Å². The Morgan fingerprint density at radius 3 is 2.45 bits per heavy atom. The lowest BCUT2D eigenvalue weighted by Gasteiger charge is -2.35. The number of piperazine rings is 1. The maximum Gasteiger partial charge on any atom is 0.263 e. The molecule has 3 aromatic rings. The monoisotopic (exact) mass is 454 g/mol. The second-order valence-corrected chi connectivity index (χ2v) is 9.42. The van der Waals surface area contributed by atoms with E-state index >= 15 is 0 Å². The predicted octanol–water partition coefficient (Wildman–Crippen LogP) is 4.49. The summed E-state index contributed by atoms with van der Waals surface area (Å²) >= 11 is 7.43. The Bertz CT molecular complexity index is 1010. The van der Waals surface area contributed by atoms with Crippen LogP contribution in [-0.4, -0.2) is 60.5 Å². The summed E-state index contributed by atoms with van der Waals surface area (Å²) in [4.78, 5) is 23.3. The maximum atomic E-state index is 13.3. The van der Waals surface area contributed by atoms with Crippen LogP contribution in [0, 0.1) is 6.92 Å². The molecule has 0 spiro atoms. The summed E-state index contributed by atoms with van der Waals surface area (Å²) in [5, 5.41) is 4.79. The molecule has 1 unspecified atom stereocenters. The zero-order chi connectivity index (χ0) is 21.8. The number of aryl methyl sites for hydroxylation is 1. The summed E-state index contributed by atoms with van der Waals surface area (Å²) < 4.78 is 0. The van der Waals surface area contributed by atoms with E-state index in [-0.39, 0.29) is 11.9 Å². The van der Waals surface area contributed by atoms with Gasteiger partial charge in [0.2, 0.25) is 0 Å². The number of halogens is 1. The van der Waals surface area contributed by atoms with Gasteiger partial charge < -0.3 is 10.2 Å². The number of nitrogens with zero attached hydrogens (tertiary/aromatic N) is 3. The largest absolute Gasteiger partial charge is 0.343 e. The van der Waals surface area contributed by atoms with Crippen molar-refractivity contribution < 1.29 is 4.79 Å². The maximum absolute atomic E-state index is 13.3. The molecular formula is C24H27ClN4OS. The zero-order valence-electron chi connectivity index (χ0n) is 17.8. The van der Waals surface area contributed by atoms with E-state index in [4.69, 9.17) is 11.6 Å². The summed E-state index contributed by atoms with van der Waals surface area (Å²) in [5.74, 6) is -0.0711. The topological polar surface area (TPSA) is 48.5 Å². The second-order valence-electron chi connectivity index (χ2n) is 7.98. The molecule has 1 saturated heterocycles. The number of amides is 1. The third-order valence-corrected chi connectivity index (χ3v) is 7.10. The van der Waals surface area contributed by atoms with Crippen LogP contribution in [0.1, 0.15) is 27.0 Å². The molecule has 7 heteroatoms. The molecule has 4 rings (SSSR count). The Morgan fingerprint density at radius 2 is 1.77 bits per heavy atom. The smallest absolute Gasteiger partial charge is 0.263 e. The van der Waals surface area contributed by atoms with Gasteiger partial charge in [0.15, 0.2) is 0 Å². The molecule has 0 aliphatic carbocycles. The number of thiazole rings is 1. The Kier molecular flexibility index (Phi) is 7.02. The normalized spacial score (nSPS) is 16.2. The fraction of sp³-hybridized carbons (Fsp3) is 0.333. The molecule has 1 aliphatic rings. The minimum Gasteiger partial charge on any atom is -0.343 e. The number of carbonyl (C=O) groups excluding carboxylic acids is 1. The van der Waals surface area contributed by atoms with Crippen LogP contribution < -0.4 is 5.32 Å². The standard InChI is InChI=1S/C24H27ClN4OS/c1-17-22(31-24(26-17)19-8-10-20(25)11-9-19)23(30)27-21(18-6-4-3-5-7-18)16-29-14-12-28(2)13-15-29/h3-11,21H,12-16H2,1-2H3,(H,27,30). The average Bonchev–Trinajstić information content (AvgIpc) is 3.17. The van der Waals surface area contributed by atoms with Crippen molar-refractivity contribution in [3.05, 3.63) is 75.8 Å². The van der Waals surface area contributed by atoms with Crippen LogP contribution in [-0.2, 0) is 0 Å². The number of hydrogen-bond acceptors (Lipinski definition) is 5. The third-order valence-electron chi connectivity index (χ3n) is 5.64. The van der Waals surface area contributed by atoms with Gasteiger partial charge in [0.05, 0.1) is 11.7 Å². The highest BCUT2D eigenvalue weighted by Gasteiger charge is 2.24. The number of carbonyl (C=O) groups is 1. The quantitative estimate of drug-likeness (QED) is 0.596. The summed E-state index contributed by atoms with van der Waals surface area (Å²) in [6, 6.07) is 17.7. The van der Waals surface area contributed by atoms with Crippen molar-refractivity contribution in [3.63, 3.8) is 0 Å². The second kappa shape index (κ2) is 9.92. The lowest BCUT2D eigenvalue weighted by atomic mass is 10.1. The van der Waals surface area contributed by atoms with Crippen molar-refractivity contribution in [2.75, 3.05) is 39.8 Å². The minimum absolute atomic E-state index is 0.0711. The first kappa shape index (κ1) is 22.0. The first-order valence-electron chi connectivity index (χ1n) is 10.5. The van der Waals surface area contributed by atoms with Crippen molar-refractivity contribution in [2.24, 2.45) is 0 Å². The molecule has 1 aliphatic heterocycles. The lowest BCUT2D eigenvalue weighted by Crippen LogP contribution is -2.47. The summed E-state index contributed by atoms with van der Waals surface area (Å²) in [5.41, 5.74) is 2.84. The fourth-order valence-electron chi connectivity index (χ4n) is 3.76. The number of nitrogens with one attached hydrogen (secondary N) is 1. The van der Waals surface area contributed by atoms with Gasteiger partial charge in [0.1, 0.15) is 9.88 Å². The number of benzene rings is 2. The van der Waals surface area contributed by atoms with E-state index < -0.39 is 0 Å². The highest BCUT2D eigenvalue weighted by molar-refractivity contribution is 7.17. The van der Waals surface area contributed by atoms with E-state index in [0.29, 0.717) is 9.90 Å². The van der Waals surface area contributed by atoms with Gasteiger partial charge in [0, 0.05) is 43.3 Å². The first-order valence-corrected chi connectivity index (χ1v) is 11.7. The van der Waals surface area contributed by atoms with Gasteiger partial charge in [-0.3, -0.25) is 9.69 Å². The highest BCUT2D eigenvalue weighted by Crippen LogP contribution is 2.29. The van der Waals surface area contributed by atoms with Crippen molar-refractivity contribution in [3.8, 4) is 10.6 Å². The molecule has 1 amide bonds. The van der Waals surface area contributed by atoms with E-state index in [1.54, 1.807) is 0 Å². The van der Waals surface area contributed by atoms with E-state index in [9.17, 15) is 4.79 Å². The molecule has 1 fully saturated rings. The molecule has 0 radical (unpaired) electrons. The predicted molar refractivity (Wildman–Crippen MR) is 128 cm³/mol. The van der Waals surface area contributed by atoms with Crippen molar-refractivity contribution >= 4 is 28.8 Å². The minimum atomic E-state index is -0.0717. The highest BCUT2D eigenvalue weighted by atomic mass is 35.5. The molecule has 1 N–H and O–H groups in total. The van der Waals surface area contributed by atoms with E-state index in [0.717, 1.165) is 54.6 Å². The van der Waals surface area contributed by atoms with Gasteiger partial charge in [-0.25, -0.2) is 4.98 Å². The molecule has 0 saturated carbocycles. The van der Waals surface area contributed by atoms with Crippen LogP contribution in [0.5, 0.6) is 0 Å². The van der Waals surface area contributed by atoms with Gasteiger partial charge in [-0.2, -0.15) is 0 Å². The van der Waals surface area contributed by atoms with Crippen molar-refractivity contribution in [1.29, 1.82) is 0 Å². The molecule has 162 valence electrons. The van der Waals surface area contributed by atoms with Gasteiger partial charge in [-0.1, -0.05) is 54.1 Å². The first-order chi connectivity index (χ1) is 15.0. The van der Waals surface area contributed by atoms with Crippen molar-refractivity contribution in [1.82, 2.24) is 20.1 Å². The Hall–Kier alpha value is -2.25. The van der Waals surface area contributed by atoms with Gasteiger partial charge in [0.25, 0.3) is 5.91 Å². The van der Waals surface area contributed by atoms with Crippen LogP contribution in [0.15, 0.2) is 54.6 Å².